The van der Waals surface area contributed by atoms with Crippen molar-refractivity contribution in [3.8, 4) is 0 Å². The molecule has 0 aromatic heterocycles. The molecule has 0 radical (unpaired) electrons. The largest absolute Gasteiger partial charge is 0.388 e. The van der Waals surface area contributed by atoms with Crippen LogP contribution in [0.25, 0.3) is 0 Å². The summed E-state index contributed by atoms with van der Waals surface area (Å²) in [5.41, 5.74) is 5.62. The summed E-state index contributed by atoms with van der Waals surface area (Å²) in [6.45, 7) is 4.99. The zero-order chi connectivity index (χ0) is 9.90. The number of nitrogens with two attached hydrogens (primary N) is 1. The molecule has 1 aliphatic carbocycles. The van der Waals surface area contributed by atoms with Gasteiger partial charge in [0, 0.05) is 11.8 Å². The number of nitrogens with one attached hydrogen (secondary N) is 1. The van der Waals surface area contributed by atoms with Crippen molar-refractivity contribution in [1.82, 2.24) is 0 Å². The highest BCUT2D eigenvalue weighted by Gasteiger charge is 2.43. The first-order chi connectivity index (χ1) is 6.08. The third kappa shape index (κ3) is 3.35. The van der Waals surface area contributed by atoms with Gasteiger partial charge < -0.3 is 10.5 Å². The maximum atomic E-state index is 7.24. The second kappa shape index (κ2) is 4.09. The van der Waals surface area contributed by atoms with Gasteiger partial charge in [-0.25, -0.2) is 0 Å². The average molecular weight is 184 g/mol. The molecule has 3 heteroatoms. The maximum Gasteiger partial charge on any atom is 0.0911 e. The lowest BCUT2D eigenvalue weighted by Crippen LogP contribution is -2.22. The van der Waals surface area contributed by atoms with Crippen molar-refractivity contribution in [2.45, 2.75) is 45.6 Å². The van der Waals surface area contributed by atoms with Gasteiger partial charge in [-0.05, 0) is 26.2 Å². The molecule has 0 bridgehead atoms. The van der Waals surface area contributed by atoms with Crippen LogP contribution in [0.1, 0.15) is 39.5 Å². The second-order valence-electron chi connectivity index (χ2n) is 4.23. The minimum Gasteiger partial charge on any atom is -0.388 e. The Bertz CT molecular complexity index is 187. The van der Waals surface area contributed by atoms with Gasteiger partial charge in [-0.15, -0.1) is 0 Å². The summed E-state index contributed by atoms with van der Waals surface area (Å²) in [7, 11) is 0. The Kier molecular flexibility index (Phi) is 3.31. The molecule has 76 valence electrons. The van der Waals surface area contributed by atoms with E-state index in [0.717, 1.165) is 13.0 Å². The van der Waals surface area contributed by atoms with Crippen molar-refractivity contribution in [2.24, 2.45) is 11.1 Å². The molecule has 0 saturated heterocycles. The number of rotatable bonds is 6. The van der Waals surface area contributed by atoms with Gasteiger partial charge in [0.05, 0.1) is 18.5 Å². The molecule has 1 saturated carbocycles. The first kappa shape index (κ1) is 10.5. The number of amidine groups is 1. The Hall–Kier alpha value is -0.570. The van der Waals surface area contributed by atoms with Gasteiger partial charge in [0.2, 0.25) is 0 Å². The van der Waals surface area contributed by atoms with E-state index in [4.69, 9.17) is 15.9 Å². The van der Waals surface area contributed by atoms with E-state index < -0.39 is 0 Å². The fourth-order valence-corrected chi connectivity index (χ4v) is 1.39. The van der Waals surface area contributed by atoms with Crippen molar-refractivity contribution >= 4 is 5.84 Å². The van der Waals surface area contributed by atoms with Crippen LogP contribution in [0.5, 0.6) is 0 Å². The minimum atomic E-state index is 0.231. The molecule has 0 aliphatic heterocycles. The van der Waals surface area contributed by atoms with Crippen LogP contribution in [0.3, 0.4) is 0 Å². The molecular weight excluding hydrogens is 164 g/mol. The summed E-state index contributed by atoms with van der Waals surface area (Å²) >= 11 is 0. The Morgan fingerprint density at radius 2 is 2.23 bits per heavy atom. The van der Waals surface area contributed by atoms with Crippen molar-refractivity contribution < 1.29 is 4.74 Å². The molecule has 1 aliphatic rings. The lowest BCUT2D eigenvalue weighted by Gasteiger charge is -2.17. The van der Waals surface area contributed by atoms with Crippen molar-refractivity contribution in [3.05, 3.63) is 0 Å². The Balaban J connectivity index is 2.23. The van der Waals surface area contributed by atoms with Crippen molar-refractivity contribution in [2.75, 3.05) is 6.61 Å². The van der Waals surface area contributed by atoms with E-state index in [0.29, 0.717) is 18.4 Å². The summed E-state index contributed by atoms with van der Waals surface area (Å²) < 4.78 is 5.67. The van der Waals surface area contributed by atoms with E-state index in [9.17, 15) is 0 Å². The van der Waals surface area contributed by atoms with Gasteiger partial charge in [-0.1, -0.05) is 6.92 Å². The fraction of sp³-hybridized carbons (Fsp3) is 0.900. The van der Waals surface area contributed by atoms with Crippen LogP contribution in [0, 0.1) is 10.8 Å². The summed E-state index contributed by atoms with van der Waals surface area (Å²) in [6.07, 6.45) is 4.44. The Morgan fingerprint density at radius 1 is 1.62 bits per heavy atom. The Labute approximate surface area is 80.2 Å². The lowest BCUT2D eigenvalue weighted by molar-refractivity contribution is 0.0325. The molecule has 0 amide bonds. The van der Waals surface area contributed by atoms with E-state index in [1.165, 1.54) is 12.8 Å². The quantitative estimate of drug-likeness (QED) is 0.489. The SMILES string of the molecule is CCC(C)OCC1(CC(=N)N)CC1. The van der Waals surface area contributed by atoms with Gasteiger partial charge in [0.15, 0.2) is 0 Å². The average Bonchev–Trinajstić information content (AvgIpc) is 2.80. The monoisotopic (exact) mass is 184 g/mol. The first-order valence-corrected chi connectivity index (χ1v) is 5.02. The number of hydrogen-bond acceptors (Lipinski definition) is 2. The predicted molar refractivity (Wildman–Crippen MR) is 53.9 cm³/mol. The molecule has 1 unspecified atom stereocenters. The lowest BCUT2D eigenvalue weighted by atomic mass is 10.0. The van der Waals surface area contributed by atoms with Gasteiger partial charge in [0.1, 0.15) is 0 Å². The summed E-state index contributed by atoms with van der Waals surface area (Å²) in [6, 6.07) is 0. The second-order valence-corrected chi connectivity index (χ2v) is 4.23. The van der Waals surface area contributed by atoms with Crippen LogP contribution in [0.2, 0.25) is 0 Å². The minimum absolute atomic E-state index is 0.231. The molecule has 13 heavy (non-hydrogen) atoms. The van der Waals surface area contributed by atoms with Crippen LogP contribution >= 0.6 is 0 Å². The predicted octanol–water partition coefficient (Wildman–Crippen LogP) is 1.91. The molecule has 1 fully saturated rings. The van der Waals surface area contributed by atoms with Gasteiger partial charge in [0.25, 0.3) is 0 Å². The molecule has 0 aromatic rings. The summed E-state index contributed by atoms with van der Waals surface area (Å²) in [5.74, 6) is 0.297. The molecule has 3 nitrogen and oxygen atoms in total. The first-order valence-electron chi connectivity index (χ1n) is 5.02. The normalized spacial score (nSPS) is 21.1. The standard InChI is InChI=1S/C10H20N2O/c1-3-8(2)13-7-10(4-5-10)6-9(11)12/h8H,3-7H2,1-2H3,(H3,11,12). The van der Waals surface area contributed by atoms with Crippen LogP contribution in [0.4, 0.5) is 0 Å². The molecular formula is C10H20N2O. The molecule has 1 atom stereocenters. The smallest absolute Gasteiger partial charge is 0.0911 e. The van der Waals surface area contributed by atoms with E-state index in [1.54, 1.807) is 0 Å². The van der Waals surface area contributed by atoms with Crippen LogP contribution in [-0.4, -0.2) is 18.5 Å². The molecule has 0 heterocycles. The summed E-state index contributed by atoms with van der Waals surface area (Å²) in [4.78, 5) is 0. The van der Waals surface area contributed by atoms with E-state index >= 15 is 0 Å². The summed E-state index contributed by atoms with van der Waals surface area (Å²) in [5, 5.41) is 7.24. The molecule has 0 spiro atoms. The van der Waals surface area contributed by atoms with E-state index in [1.807, 2.05) is 0 Å². The van der Waals surface area contributed by atoms with Crippen LogP contribution in [-0.2, 0) is 4.74 Å². The third-order valence-electron chi connectivity index (χ3n) is 2.77. The highest BCUT2D eigenvalue weighted by atomic mass is 16.5. The molecule has 3 N–H and O–H groups in total. The van der Waals surface area contributed by atoms with E-state index in [2.05, 4.69) is 13.8 Å². The van der Waals surface area contributed by atoms with Gasteiger partial charge in [-0.2, -0.15) is 0 Å². The maximum absolute atomic E-state index is 7.24. The van der Waals surface area contributed by atoms with Crippen molar-refractivity contribution in [3.63, 3.8) is 0 Å². The van der Waals surface area contributed by atoms with Crippen LogP contribution in [0.15, 0.2) is 0 Å². The molecule has 1 rings (SSSR count). The van der Waals surface area contributed by atoms with E-state index in [-0.39, 0.29) is 5.41 Å². The topological polar surface area (TPSA) is 59.1 Å². The van der Waals surface area contributed by atoms with Crippen molar-refractivity contribution in [1.29, 1.82) is 5.41 Å². The Morgan fingerprint density at radius 3 is 2.62 bits per heavy atom. The van der Waals surface area contributed by atoms with Gasteiger partial charge in [-0.3, -0.25) is 5.41 Å². The molecule has 0 aromatic carbocycles. The highest BCUT2D eigenvalue weighted by Crippen LogP contribution is 2.49. The highest BCUT2D eigenvalue weighted by molar-refractivity contribution is 5.78. The number of hydrogen-bond donors (Lipinski definition) is 2. The zero-order valence-corrected chi connectivity index (χ0v) is 8.60. The van der Waals surface area contributed by atoms with Gasteiger partial charge >= 0.3 is 0 Å². The fourth-order valence-electron chi connectivity index (χ4n) is 1.39. The zero-order valence-electron chi connectivity index (χ0n) is 8.60. The number of ether oxygens (including phenoxy) is 1. The van der Waals surface area contributed by atoms with Crippen LogP contribution < -0.4 is 5.73 Å². The third-order valence-corrected chi connectivity index (χ3v) is 2.77.